The number of anilines is 1. The van der Waals surface area contributed by atoms with Gasteiger partial charge in [-0.1, -0.05) is 30.3 Å². The quantitative estimate of drug-likeness (QED) is 0.773. The van der Waals surface area contributed by atoms with E-state index in [2.05, 4.69) is 46.6 Å². The SMILES string of the molecule is Cc1nnc(N)n1-c1ccc(C2CC2)c2ccccc12. The van der Waals surface area contributed by atoms with Crippen molar-refractivity contribution in [1.82, 2.24) is 14.8 Å². The van der Waals surface area contributed by atoms with Crippen LogP contribution >= 0.6 is 0 Å². The van der Waals surface area contributed by atoms with Gasteiger partial charge in [0.2, 0.25) is 5.95 Å². The zero-order chi connectivity index (χ0) is 13.7. The Bertz CT molecular complexity index is 780. The van der Waals surface area contributed by atoms with Gasteiger partial charge in [0.15, 0.2) is 0 Å². The molecular weight excluding hydrogens is 248 g/mol. The summed E-state index contributed by atoms with van der Waals surface area (Å²) in [5.74, 6) is 1.98. The molecule has 1 aromatic heterocycles. The van der Waals surface area contributed by atoms with Gasteiger partial charge in [0.25, 0.3) is 0 Å². The fraction of sp³-hybridized carbons (Fsp3) is 0.250. The first-order valence-corrected chi connectivity index (χ1v) is 6.95. The second kappa shape index (κ2) is 4.07. The number of fused-ring (bicyclic) bond motifs is 1. The number of aryl methyl sites for hydroxylation is 1. The van der Waals surface area contributed by atoms with Gasteiger partial charge in [-0.05, 0) is 42.7 Å². The molecule has 0 atom stereocenters. The number of hydrogen-bond acceptors (Lipinski definition) is 3. The van der Waals surface area contributed by atoms with Crippen molar-refractivity contribution < 1.29 is 0 Å². The van der Waals surface area contributed by atoms with E-state index in [0.29, 0.717) is 5.95 Å². The molecule has 2 aromatic carbocycles. The molecule has 2 N–H and O–H groups in total. The van der Waals surface area contributed by atoms with Crippen LogP contribution in [0.1, 0.15) is 30.1 Å². The molecule has 1 aliphatic carbocycles. The van der Waals surface area contributed by atoms with Crippen molar-refractivity contribution in [2.45, 2.75) is 25.7 Å². The number of nitrogens with zero attached hydrogens (tertiary/aromatic N) is 3. The van der Waals surface area contributed by atoms with E-state index in [9.17, 15) is 0 Å². The Morgan fingerprint density at radius 2 is 1.80 bits per heavy atom. The fourth-order valence-corrected chi connectivity index (χ4v) is 2.93. The van der Waals surface area contributed by atoms with Crippen molar-refractivity contribution in [3.8, 4) is 5.69 Å². The maximum absolute atomic E-state index is 5.96. The molecule has 3 aromatic rings. The average molecular weight is 264 g/mol. The van der Waals surface area contributed by atoms with Gasteiger partial charge in [0.05, 0.1) is 5.69 Å². The van der Waals surface area contributed by atoms with Crippen LogP contribution < -0.4 is 5.73 Å². The van der Waals surface area contributed by atoms with Gasteiger partial charge >= 0.3 is 0 Å². The number of benzene rings is 2. The van der Waals surface area contributed by atoms with E-state index >= 15 is 0 Å². The number of hydrogen-bond donors (Lipinski definition) is 1. The highest BCUT2D eigenvalue weighted by atomic mass is 15.3. The molecule has 100 valence electrons. The first-order valence-electron chi connectivity index (χ1n) is 6.95. The second-order valence-electron chi connectivity index (χ2n) is 5.43. The number of rotatable bonds is 2. The molecule has 0 spiro atoms. The molecule has 1 aliphatic rings. The van der Waals surface area contributed by atoms with Gasteiger partial charge in [0, 0.05) is 5.39 Å². The molecule has 1 heterocycles. The van der Waals surface area contributed by atoms with Gasteiger partial charge < -0.3 is 5.73 Å². The molecule has 4 heteroatoms. The minimum Gasteiger partial charge on any atom is -0.368 e. The second-order valence-corrected chi connectivity index (χ2v) is 5.43. The Labute approximate surface area is 117 Å². The molecule has 0 aliphatic heterocycles. The van der Waals surface area contributed by atoms with Crippen molar-refractivity contribution in [2.75, 3.05) is 5.73 Å². The highest BCUT2D eigenvalue weighted by molar-refractivity contribution is 5.93. The monoisotopic (exact) mass is 264 g/mol. The lowest BCUT2D eigenvalue weighted by atomic mass is 9.99. The minimum absolute atomic E-state index is 0.437. The largest absolute Gasteiger partial charge is 0.368 e. The molecule has 20 heavy (non-hydrogen) atoms. The molecule has 4 nitrogen and oxygen atoms in total. The van der Waals surface area contributed by atoms with Crippen LogP contribution in [0.4, 0.5) is 5.95 Å². The van der Waals surface area contributed by atoms with Crippen LogP contribution in [0.25, 0.3) is 16.5 Å². The predicted molar refractivity (Wildman–Crippen MR) is 80.0 cm³/mol. The molecule has 0 unspecified atom stereocenters. The smallest absolute Gasteiger partial charge is 0.226 e. The number of nitrogen functional groups attached to an aromatic ring is 1. The summed E-state index contributed by atoms with van der Waals surface area (Å²) in [7, 11) is 0. The summed E-state index contributed by atoms with van der Waals surface area (Å²) in [6.07, 6.45) is 2.61. The van der Waals surface area contributed by atoms with Gasteiger partial charge in [-0.15, -0.1) is 10.2 Å². The third-order valence-corrected chi connectivity index (χ3v) is 4.04. The van der Waals surface area contributed by atoms with E-state index in [1.54, 1.807) is 0 Å². The van der Waals surface area contributed by atoms with Crippen LogP contribution in [0.5, 0.6) is 0 Å². The Morgan fingerprint density at radius 3 is 2.45 bits per heavy atom. The van der Waals surface area contributed by atoms with Gasteiger partial charge in [-0.3, -0.25) is 4.57 Å². The van der Waals surface area contributed by atoms with Gasteiger partial charge in [0.1, 0.15) is 5.82 Å². The predicted octanol–water partition coefficient (Wildman–Crippen LogP) is 3.19. The third-order valence-electron chi connectivity index (χ3n) is 4.04. The highest BCUT2D eigenvalue weighted by Gasteiger charge is 2.26. The lowest BCUT2D eigenvalue weighted by molar-refractivity contribution is 0.977. The summed E-state index contributed by atoms with van der Waals surface area (Å²) in [5.41, 5.74) is 8.48. The van der Waals surface area contributed by atoms with E-state index in [1.165, 1.54) is 29.2 Å². The highest BCUT2D eigenvalue weighted by Crippen LogP contribution is 2.44. The third kappa shape index (κ3) is 1.61. The van der Waals surface area contributed by atoms with Crippen LogP contribution in [-0.4, -0.2) is 14.8 Å². The molecule has 1 saturated carbocycles. The van der Waals surface area contributed by atoms with Crippen molar-refractivity contribution in [3.05, 3.63) is 47.8 Å². The summed E-state index contributed by atoms with van der Waals surface area (Å²) >= 11 is 0. The van der Waals surface area contributed by atoms with Crippen LogP contribution in [0.15, 0.2) is 36.4 Å². The first-order chi connectivity index (χ1) is 9.75. The van der Waals surface area contributed by atoms with Crippen molar-refractivity contribution in [3.63, 3.8) is 0 Å². The van der Waals surface area contributed by atoms with E-state index < -0.39 is 0 Å². The van der Waals surface area contributed by atoms with E-state index in [0.717, 1.165) is 17.4 Å². The summed E-state index contributed by atoms with van der Waals surface area (Å²) < 4.78 is 1.92. The molecule has 4 rings (SSSR count). The standard InChI is InChI=1S/C16H16N4/c1-10-18-19-16(17)20(10)15-9-8-12(11-6-7-11)13-4-2-3-5-14(13)15/h2-5,8-9,11H,6-7H2,1H3,(H2,17,19). The Kier molecular flexibility index (Phi) is 2.33. The van der Waals surface area contributed by atoms with Crippen molar-refractivity contribution in [1.29, 1.82) is 0 Å². The topological polar surface area (TPSA) is 56.7 Å². The van der Waals surface area contributed by atoms with Crippen LogP contribution in [-0.2, 0) is 0 Å². The van der Waals surface area contributed by atoms with Crippen molar-refractivity contribution in [2.24, 2.45) is 0 Å². The van der Waals surface area contributed by atoms with E-state index in [-0.39, 0.29) is 0 Å². The molecule has 0 amide bonds. The zero-order valence-electron chi connectivity index (χ0n) is 11.4. The number of aromatic nitrogens is 3. The van der Waals surface area contributed by atoms with Gasteiger partial charge in [-0.2, -0.15) is 0 Å². The van der Waals surface area contributed by atoms with E-state index in [1.807, 2.05) is 11.5 Å². The molecule has 1 fully saturated rings. The maximum Gasteiger partial charge on any atom is 0.226 e. The minimum atomic E-state index is 0.437. The molecule has 0 radical (unpaired) electrons. The van der Waals surface area contributed by atoms with Crippen LogP contribution in [0, 0.1) is 6.92 Å². The van der Waals surface area contributed by atoms with Crippen LogP contribution in [0.2, 0.25) is 0 Å². The maximum atomic E-state index is 5.96. The Hall–Kier alpha value is -2.36. The van der Waals surface area contributed by atoms with E-state index in [4.69, 9.17) is 5.73 Å². The summed E-state index contributed by atoms with van der Waals surface area (Å²) in [6.45, 7) is 1.92. The molecule has 0 saturated heterocycles. The first kappa shape index (κ1) is 11.5. The van der Waals surface area contributed by atoms with Crippen molar-refractivity contribution >= 4 is 16.7 Å². The lowest BCUT2D eigenvalue weighted by Crippen LogP contribution is -2.03. The molecular formula is C16H16N4. The summed E-state index contributed by atoms with van der Waals surface area (Å²) in [5, 5.41) is 10.6. The average Bonchev–Trinajstić information content (AvgIpc) is 3.25. The fourth-order valence-electron chi connectivity index (χ4n) is 2.93. The van der Waals surface area contributed by atoms with Crippen LogP contribution in [0.3, 0.4) is 0 Å². The summed E-state index contributed by atoms with van der Waals surface area (Å²) in [6, 6.07) is 12.9. The lowest BCUT2D eigenvalue weighted by Gasteiger charge is -2.13. The number of nitrogens with two attached hydrogens (primary N) is 1. The Morgan fingerprint density at radius 1 is 1.05 bits per heavy atom. The normalized spacial score (nSPS) is 14.8. The Balaban J connectivity index is 2.04. The zero-order valence-corrected chi connectivity index (χ0v) is 11.4. The summed E-state index contributed by atoms with van der Waals surface area (Å²) in [4.78, 5) is 0. The molecule has 0 bridgehead atoms. The van der Waals surface area contributed by atoms with Gasteiger partial charge in [-0.25, -0.2) is 0 Å².